The zero-order valence-corrected chi connectivity index (χ0v) is 26.4. The van der Waals surface area contributed by atoms with Gasteiger partial charge in [-0.3, -0.25) is 9.69 Å². The van der Waals surface area contributed by atoms with Gasteiger partial charge >= 0.3 is 5.97 Å². The van der Waals surface area contributed by atoms with Gasteiger partial charge in [-0.15, -0.1) is 0 Å². The number of carbonyl (C=O) groups is 2. The average Bonchev–Trinajstić information content (AvgIpc) is 3.15. The van der Waals surface area contributed by atoms with Crippen LogP contribution in [0.3, 0.4) is 0 Å². The summed E-state index contributed by atoms with van der Waals surface area (Å²) in [6.07, 6.45) is 3.51. The van der Waals surface area contributed by atoms with E-state index in [-0.39, 0.29) is 32.2 Å². The van der Waals surface area contributed by atoms with Crippen molar-refractivity contribution in [3.05, 3.63) is 99.0 Å². The van der Waals surface area contributed by atoms with Crippen molar-refractivity contribution in [1.82, 2.24) is 4.90 Å². The molecule has 1 amide bonds. The van der Waals surface area contributed by atoms with E-state index in [4.69, 9.17) is 28.9 Å². The van der Waals surface area contributed by atoms with Gasteiger partial charge in [-0.2, -0.15) is 0 Å². The summed E-state index contributed by atoms with van der Waals surface area (Å²) in [4.78, 5) is 27.9. The highest BCUT2D eigenvalue weighted by atomic mass is 35.5. The fraction of sp³-hybridized carbons (Fsp3) is 0.412. The van der Waals surface area contributed by atoms with Crippen LogP contribution in [0.2, 0.25) is 10.0 Å². The monoisotopic (exact) mass is 643 g/mol. The smallest absolute Gasteiger partial charge is 0.335 e. The molecule has 6 nitrogen and oxygen atoms in total. The molecular weight excluding hydrogens is 607 g/mol. The maximum atomic E-state index is 16.1. The van der Waals surface area contributed by atoms with Gasteiger partial charge in [0.15, 0.2) is 0 Å². The largest absolute Gasteiger partial charge is 0.478 e. The van der Waals surface area contributed by atoms with E-state index in [0.29, 0.717) is 24.6 Å². The number of rotatable bonds is 8. The number of carbonyl (C=O) groups excluding carboxylic acids is 1. The standard InChI is InChI=1S/C34H37Cl2F2N3O3/c1-33(2,3)17-27-34(39,24-15-12-21(35)16-26(24)37)28(23-8-5-9-25(36)29(23)38)30(41(27)18-19-6-4-7-19)31(42)40-22-13-10-20(11-14-22)32(43)44/h5,8-16,19,27-28,30H,4,6-7,17-18,39H2,1-3H3,(H,40,42)(H,43,44). The van der Waals surface area contributed by atoms with Crippen molar-refractivity contribution >= 4 is 40.8 Å². The number of nitrogens with two attached hydrogens (primary N) is 1. The van der Waals surface area contributed by atoms with Crippen LogP contribution in [-0.4, -0.2) is 40.5 Å². The summed E-state index contributed by atoms with van der Waals surface area (Å²) >= 11 is 12.5. The van der Waals surface area contributed by atoms with Gasteiger partial charge in [0.2, 0.25) is 5.91 Å². The van der Waals surface area contributed by atoms with Crippen molar-refractivity contribution in [2.75, 3.05) is 11.9 Å². The molecule has 4 N–H and O–H groups in total. The van der Waals surface area contributed by atoms with Gasteiger partial charge in [0.1, 0.15) is 11.6 Å². The van der Waals surface area contributed by atoms with Crippen LogP contribution < -0.4 is 11.1 Å². The second kappa shape index (κ2) is 12.4. The molecule has 0 aromatic heterocycles. The Morgan fingerprint density at radius 2 is 1.75 bits per heavy atom. The van der Waals surface area contributed by atoms with E-state index in [1.165, 1.54) is 42.5 Å². The molecule has 2 fully saturated rings. The van der Waals surface area contributed by atoms with E-state index in [2.05, 4.69) is 31.0 Å². The van der Waals surface area contributed by atoms with Crippen LogP contribution in [0.15, 0.2) is 60.7 Å². The maximum Gasteiger partial charge on any atom is 0.335 e. The fourth-order valence-corrected chi connectivity index (χ4v) is 7.14. The summed E-state index contributed by atoms with van der Waals surface area (Å²) < 4.78 is 32.1. The van der Waals surface area contributed by atoms with Gasteiger partial charge in [0.05, 0.1) is 22.2 Å². The van der Waals surface area contributed by atoms with E-state index in [9.17, 15) is 14.7 Å². The molecule has 44 heavy (non-hydrogen) atoms. The molecule has 234 valence electrons. The first kappa shape index (κ1) is 32.4. The summed E-state index contributed by atoms with van der Waals surface area (Å²) in [5.74, 6) is -3.66. The Morgan fingerprint density at radius 1 is 1.07 bits per heavy atom. The predicted octanol–water partition coefficient (Wildman–Crippen LogP) is 7.84. The molecule has 1 heterocycles. The van der Waals surface area contributed by atoms with E-state index in [0.717, 1.165) is 19.3 Å². The van der Waals surface area contributed by atoms with Crippen LogP contribution in [-0.2, 0) is 10.3 Å². The number of halogens is 4. The van der Waals surface area contributed by atoms with Crippen molar-refractivity contribution in [2.24, 2.45) is 17.1 Å². The van der Waals surface area contributed by atoms with Crippen LogP contribution >= 0.6 is 23.2 Å². The first-order valence-electron chi connectivity index (χ1n) is 14.8. The molecule has 1 saturated heterocycles. The average molecular weight is 645 g/mol. The molecule has 10 heteroatoms. The lowest BCUT2D eigenvalue weighted by molar-refractivity contribution is -0.121. The number of aromatic carboxylic acids is 1. The molecule has 0 bridgehead atoms. The van der Waals surface area contributed by atoms with Crippen molar-refractivity contribution in [2.45, 2.75) is 70.0 Å². The second-order valence-electron chi connectivity index (χ2n) is 13.3. The second-order valence-corrected chi connectivity index (χ2v) is 14.1. The normalized spacial score (nSPS) is 24.2. The number of anilines is 1. The summed E-state index contributed by atoms with van der Waals surface area (Å²) in [7, 11) is 0. The Balaban J connectivity index is 1.74. The summed E-state index contributed by atoms with van der Waals surface area (Å²) in [5, 5.41) is 12.3. The molecule has 0 radical (unpaired) electrons. The Bertz CT molecular complexity index is 1560. The molecule has 1 saturated carbocycles. The van der Waals surface area contributed by atoms with Crippen molar-refractivity contribution in [1.29, 1.82) is 0 Å². The van der Waals surface area contributed by atoms with E-state index in [1.54, 1.807) is 18.2 Å². The SMILES string of the molecule is CC(C)(C)CC1N(CC2CCC2)C(C(=O)Nc2ccc(C(=O)O)cc2)C(c2cccc(Cl)c2F)C1(N)c1ccc(Cl)cc1F. The Labute approximate surface area is 266 Å². The van der Waals surface area contributed by atoms with Crippen LogP contribution in [0.5, 0.6) is 0 Å². The van der Waals surface area contributed by atoms with Gasteiger partial charge < -0.3 is 16.2 Å². The van der Waals surface area contributed by atoms with E-state index < -0.39 is 47.1 Å². The first-order chi connectivity index (χ1) is 20.7. The van der Waals surface area contributed by atoms with Gasteiger partial charge in [-0.05, 0) is 78.6 Å². The number of carboxylic acid groups (broad SMARTS) is 1. The van der Waals surface area contributed by atoms with Crippen LogP contribution in [0.1, 0.15) is 73.9 Å². The van der Waals surface area contributed by atoms with Gasteiger partial charge in [0.25, 0.3) is 0 Å². The third-order valence-electron chi connectivity index (χ3n) is 9.02. The number of carboxylic acids is 1. The minimum Gasteiger partial charge on any atom is -0.478 e. The van der Waals surface area contributed by atoms with E-state index in [1.807, 2.05) is 0 Å². The molecular formula is C34H37Cl2F2N3O3. The topological polar surface area (TPSA) is 95.7 Å². The van der Waals surface area contributed by atoms with E-state index >= 15 is 8.78 Å². The Morgan fingerprint density at radius 3 is 2.32 bits per heavy atom. The molecule has 4 unspecified atom stereocenters. The number of amides is 1. The van der Waals surface area contributed by atoms with Crippen molar-refractivity contribution in [3.63, 3.8) is 0 Å². The summed E-state index contributed by atoms with van der Waals surface area (Å²) in [6.45, 7) is 6.68. The molecule has 1 aliphatic carbocycles. The van der Waals surface area contributed by atoms with Crippen LogP contribution in [0.25, 0.3) is 0 Å². The Kier molecular flexibility index (Phi) is 9.11. The van der Waals surface area contributed by atoms with Gasteiger partial charge in [0, 0.05) is 34.8 Å². The lowest BCUT2D eigenvalue weighted by Crippen LogP contribution is -2.54. The highest BCUT2D eigenvalue weighted by molar-refractivity contribution is 6.31. The number of nitrogens with one attached hydrogen (secondary N) is 1. The third-order valence-corrected chi connectivity index (χ3v) is 9.55. The highest BCUT2D eigenvalue weighted by Gasteiger charge is 2.62. The van der Waals surface area contributed by atoms with Crippen molar-refractivity contribution < 1.29 is 23.5 Å². The molecule has 3 aromatic carbocycles. The number of hydrogen-bond acceptors (Lipinski definition) is 4. The van der Waals surface area contributed by atoms with Gasteiger partial charge in [-0.1, -0.05) is 68.6 Å². The fourth-order valence-electron chi connectivity index (χ4n) is 6.80. The zero-order chi connectivity index (χ0) is 32.0. The molecule has 2 aliphatic rings. The van der Waals surface area contributed by atoms with Crippen LogP contribution in [0.4, 0.5) is 14.5 Å². The first-order valence-corrected chi connectivity index (χ1v) is 15.5. The molecule has 3 aromatic rings. The Hall–Kier alpha value is -3.04. The number of likely N-dealkylation sites (tertiary alicyclic amines) is 1. The lowest BCUT2D eigenvalue weighted by Gasteiger charge is -2.43. The highest BCUT2D eigenvalue weighted by Crippen LogP contribution is 2.54. The van der Waals surface area contributed by atoms with Gasteiger partial charge in [-0.25, -0.2) is 13.6 Å². The minimum absolute atomic E-state index is 0.0683. The number of benzene rings is 3. The van der Waals surface area contributed by atoms with Crippen molar-refractivity contribution in [3.8, 4) is 0 Å². The molecule has 5 rings (SSSR count). The number of nitrogens with zero attached hydrogens (tertiary/aromatic N) is 1. The minimum atomic E-state index is -1.58. The summed E-state index contributed by atoms with van der Waals surface area (Å²) in [5.41, 5.74) is 6.31. The maximum absolute atomic E-state index is 16.1. The molecule has 0 spiro atoms. The molecule has 1 aliphatic heterocycles. The third kappa shape index (κ3) is 6.23. The quantitative estimate of drug-likeness (QED) is 0.232. The lowest BCUT2D eigenvalue weighted by atomic mass is 9.68. The zero-order valence-electron chi connectivity index (χ0n) is 24.9. The van der Waals surface area contributed by atoms with Crippen LogP contribution in [0, 0.1) is 23.0 Å². The number of hydrogen-bond donors (Lipinski definition) is 3. The summed E-state index contributed by atoms with van der Waals surface area (Å²) in [6, 6.07) is 13.1. The molecule has 4 atom stereocenters. The predicted molar refractivity (Wildman–Crippen MR) is 169 cm³/mol.